The lowest BCUT2D eigenvalue weighted by molar-refractivity contribution is 0.0686. The maximum absolute atomic E-state index is 13.9. The Morgan fingerprint density at radius 1 is 1.05 bits per heavy atom. The van der Waals surface area contributed by atoms with E-state index in [-0.39, 0.29) is 17.4 Å². The van der Waals surface area contributed by atoms with E-state index in [1.165, 1.54) is 6.20 Å². The Kier molecular flexibility index (Phi) is 6.91. The second kappa shape index (κ2) is 10.6. The molecular weight excluding hydrogens is 558 g/mol. The third-order valence-corrected chi connectivity index (χ3v) is 8.17. The van der Waals surface area contributed by atoms with Crippen molar-refractivity contribution in [1.82, 2.24) is 28.6 Å². The Morgan fingerprint density at radius 3 is 2.38 bits per heavy atom. The molecule has 216 valence electrons. The van der Waals surface area contributed by atoms with Gasteiger partial charge in [0.1, 0.15) is 11.5 Å². The van der Waals surface area contributed by atoms with E-state index < -0.39 is 16.0 Å². The Bertz CT molecular complexity index is 1960. The molecule has 1 aliphatic rings. The predicted molar refractivity (Wildman–Crippen MR) is 158 cm³/mol. The van der Waals surface area contributed by atoms with Crippen LogP contribution < -0.4 is 10.4 Å². The first-order valence-corrected chi connectivity index (χ1v) is 15.2. The standard InChI is InChI=1S/C29H29N7O5S/c1-33-25(28(37)38)16-31-26(33)18-34-15-13-23(17-34)36-27-24(4-3-14-30-27)35(29(36)39)22-11-7-20(8-12-22)19-5-9-21(10-6-19)32-42(2,40)41/h3-12,14,16,23,32H,13,15,17-18H2,1-2H3,(H,37,38)/t23-/m0/s1. The van der Waals surface area contributed by atoms with Crippen LogP contribution in [0.15, 0.2) is 77.9 Å². The van der Waals surface area contributed by atoms with Crippen molar-refractivity contribution in [2.45, 2.75) is 19.0 Å². The Hall–Kier alpha value is -4.75. The quantitative estimate of drug-likeness (QED) is 0.282. The second-order valence-corrected chi connectivity index (χ2v) is 12.2. The molecule has 0 amide bonds. The molecule has 5 aromatic rings. The van der Waals surface area contributed by atoms with E-state index >= 15 is 0 Å². The minimum atomic E-state index is -3.35. The molecule has 3 aromatic heterocycles. The fourth-order valence-corrected chi connectivity index (χ4v) is 6.10. The lowest BCUT2D eigenvalue weighted by Gasteiger charge is -2.16. The van der Waals surface area contributed by atoms with Crippen molar-refractivity contribution in [2.75, 3.05) is 24.1 Å². The summed E-state index contributed by atoms with van der Waals surface area (Å²) in [4.78, 5) is 36.3. The lowest BCUT2D eigenvalue weighted by atomic mass is 10.1. The molecule has 0 spiro atoms. The van der Waals surface area contributed by atoms with Gasteiger partial charge in [0.15, 0.2) is 5.65 Å². The molecule has 0 unspecified atom stereocenters. The zero-order valence-electron chi connectivity index (χ0n) is 23.0. The van der Waals surface area contributed by atoms with Crippen LogP contribution in [-0.2, 0) is 23.6 Å². The fourth-order valence-electron chi connectivity index (χ4n) is 5.54. The summed E-state index contributed by atoms with van der Waals surface area (Å²) in [6.07, 6.45) is 4.90. The number of sulfonamides is 1. The number of likely N-dealkylation sites (tertiary alicyclic amines) is 1. The van der Waals surface area contributed by atoms with Crippen molar-refractivity contribution in [3.8, 4) is 16.8 Å². The molecule has 1 saturated heterocycles. The highest BCUT2D eigenvalue weighted by Gasteiger charge is 2.30. The van der Waals surface area contributed by atoms with Gasteiger partial charge < -0.3 is 9.67 Å². The minimum absolute atomic E-state index is 0.103. The number of hydrogen-bond acceptors (Lipinski definition) is 7. The molecule has 12 nitrogen and oxygen atoms in total. The molecule has 1 fully saturated rings. The van der Waals surface area contributed by atoms with Crippen molar-refractivity contribution < 1.29 is 18.3 Å². The van der Waals surface area contributed by atoms with Crippen molar-refractivity contribution in [3.05, 3.63) is 95.1 Å². The number of aromatic carboxylic acids is 1. The van der Waals surface area contributed by atoms with Crippen molar-refractivity contribution in [3.63, 3.8) is 0 Å². The van der Waals surface area contributed by atoms with Gasteiger partial charge in [0, 0.05) is 32.0 Å². The normalized spacial score (nSPS) is 15.8. The first-order valence-electron chi connectivity index (χ1n) is 13.3. The van der Waals surface area contributed by atoms with Crippen LogP contribution in [-0.4, -0.2) is 67.4 Å². The van der Waals surface area contributed by atoms with E-state index in [4.69, 9.17) is 0 Å². The third-order valence-electron chi connectivity index (χ3n) is 7.56. The average molecular weight is 588 g/mol. The van der Waals surface area contributed by atoms with E-state index in [1.54, 1.807) is 39.1 Å². The van der Waals surface area contributed by atoms with Crippen LogP contribution in [0, 0.1) is 0 Å². The number of pyridine rings is 1. The Morgan fingerprint density at radius 2 is 1.74 bits per heavy atom. The zero-order valence-corrected chi connectivity index (χ0v) is 23.8. The van der Waals surface area contributed by atoms with Gasteiger partial charge in [-0.05, 0) is 53.9 Å². The van der Waals surface area contributed by atoms with Crippen LogP contribution in [0.1, 0.15) is 28.8 Å². The van der Waals surface area contributed by atoms with Gasteiger partial charge in [-0.15, -0.1) is 0 Å². The number of rotatable bonds is 8. The van der Waals surface area contributed by atoms with E-state index in [2.05, 4.69) is 19.6 Å². The summed E-state index contributed by atoms with van der Waals surface area (Å²) in [6, 6.07) is 18.3. The summed E-state index contributed by atoms with van der Waals surface area (Å²) in [5, 5.41) is 9.33. The molecule has 6 rings (SSSR count). The first kappa shape index (κ1) is 27.4. The SMILES string of the molecule is Cn1c(C(=O)O)cnc1CN1CC[C@H](n2c(=O)n(-c3ccc(-c4ccc(NS(C)(=O)=O)cc4)cc3)c3cccnc32)C1. The number of imidazole rings is 2. The molecule has 0 bridgehead atoms. The van der Waals surface area contributed by atoms with Gasteiger partial charge in [-0.2, -0.15) is 0 Å². The molecule has 0 aliphatic carbocycles. The summed E-state index contributed by atoms with van der Waals surface area (Å²) in [5.74, 6) is -0.365. The van der Waals surface area contributed by atoms with Gasteiger partial charge >= 0.3 is 11.7 Å². The van der Waals surface area contributed by atoms with Gasteiger partial charge in [-0.1, -0.05) is 24.3 Å². The number of carbonyl (C=O) groups is 1. The molecular formula is C29H29N7O5S. The molecule has 2 N–H and O–H groups in total. The van der Waals surface area contributed by atoms with Gasteiger partial charge in [-0.3, -0.25) is 18.8 Å². The van der Waals surface area contributed by atoms with E-state index in [9.17, 15) is 23.1 Å². The van der Waals surface area contributed by atoms with Crippen LogP contribution in [0.4, 0.5) is 5.69 Å². The first-order chi connectivity index (χ1) is 20.1. The maximum atomic E-state index is 13.9. The number of aromatic nitrogens is 5. The molecule has 1 atom stereocenters. The summed E-state index contributed by atoms with van der Waals surface area (Å²) in [6.45, 7) is 1.82. The van der Waals surface area contributed by atoms with E-state index in [0.29, 0.717) is 41.5 Å². The van der Waals surface area contributed by atoms with Crippen LogP contribution in [0.3, 0.4) is 0 Å². The summed E-state index contributed by atoms with van der Waals surface area (Å²) >= 11 is 0. The largest absolute Gasteiger partial charge is 0.477 e. The number of carboxylic acid groups (broad SMARTS) is 1. The van der Waals surface area contributed by atoms with Crippen molar-refractivity contribution >= 4 is 32.8 Å². The number of benzene rings is 2. The fraction of sp³-hybridized carbons (Fsp3) is 0.241. The van der Waals surface area contributed by atoms with Gasteiger partial charge in [0.25, 0.3) is 0 Å². The molecule has 0 saturated carbocycles. The van der Waals surface area contributed by atoms with Gasteiger partial charge in [0.2, 0.25) is 10.0 Å². The zero-order chi connectivity index (χ0) is 29.6. The van der Waals surface area contributed by atoms with Gasteiger partial charge in [-0.25, -0.2) is 28.0 Å². The number of nitrogens with zero attached hydrogens (tertiary/aromatic N) is 6. The minimum Gasteiger partial charge on any atom is -0.477 e. The average Bonchev–Trinajstić information content (AvgIpc) is 3.64. The van der Waals surface area contributed by atoms with Crippen LogP contribution >= 0.6 is 0 Å². The highest BCUT2D eigenvalue weighted by molar-refractivity contribution is 7.92. The highest BCUT2D eigenvalue weighted by atomic mass is 32.2. The maximum Gasteiger partial charge on any atom is 0.354 e. The molecule has 2 aromatic carbocycles. The van der Waals surface area contributed by atoms with Crippen LogP contribution in [0.2, 0.25) is 0 Å². The Balaban J connectivity index is 1.26. The number of anilines is 1. The van der Waals surface area contributed by atoms with Crippen LogP contribution in [0.5, 0.6) is 0 Å². The number of nitrogens with one attached hydrogen (secondary N) is 1. The number of hydrogen-bond donors (Lipinski definition) is 2. The second-order valence-electron chi connectivity index (χ2n) is 10.4. The molecule has 4 heterocycles. The number of fused-ring (bicyclic) bond motifs is 1. The molecule has 42 heavy (non-hydrogen) atoms. The van der Waals surface area contributed by atoms with Crippen molar-refractivity contribution in [2.24, 2.45) is 7.05 Å². The highest BCUT2D eigenvalue weighted by Crippen LogP contribution is 2.28. The van der Waals surface area contributed by atoms with Crippen LogP contribution in [0.25, 0.3) is 28.0 Å². The van der Waals surface area contributed by atoms with E-state index in [0.717, 1.165) is 30.3 Å². The molecule has 13 heteroatoms. The molecule has 0 radical (unpaired) electrons. The summed E-state index contributed by atoms with van der Waals surface area (Å²) in [5.41, 5.74) is 4.30. The smallest absolute Gasteiger partial charge is 0.354 e. The van der Waals surface area contributed by atoms with Crippen molar-refractivity contribution in [1.29, 1.82) is 0 Å². The van der Waals surface area contributed by atoms with E-state index in [1.807, 2.05) is 48.5 Å². The predicted octanol–water partition coefficient (Wildman–Crippen LogP) is 3.10. The number of carboxylic acids is 1. The Labute approximate surface area is 241 Å². The lowest BCUT2D eigenvalue weighted by Crippen LogP contribution is -2.29. The third kappa shape index (κ3) is 5.19. The summed E-state index contributed by atoms with van der Waals surface area (Å²) in [7, 11) is -1.66. The topological polar surface area (TPSA) is 144 Å². The van der Waals surface area contributed by atoms with Gasteiger partial charge in [0.05, 0.1) is 36.2 Å². The summed E-state index contributed by atoms with van der Waals surface area (Å²) < 4.78 is 30.5. The monoisotopic (exact) mass is 587 g/mol. The molecule has 1 aliphatic heterocycles.